The molecule has 0 bridgehead atoms. The molecule has 0 unspecified atom stereocenters. The second-order valence-corrected chi connectivity index (χ2v) is 6.96. The van der Waals surface area contributed by atoms with E-state index in [1.165, 1.54) is 0 Å². The summed E-state index contributed by atoms with van der Waals surface area (Å²) in [6, 6.07) is 17.2. The fourth-order valence-electron chi connectivity index (χ4n) is 3.06. The van der Waals surface area contributed by atoms with Gasteiger partial charge >= 0.3 is 0 Å². The Labute approximate surface area is 158 Å². The Morgan fingerprint density at radius 1 is 1.04 bits per heavy atom. The van der Waals surface area contributed by atoms with Crippen molar-refractivity contribution < 1.29 is 4.42 Å². The van der Waals surface area contributed by atoms with Crippen LogP contribution in [0.2, 0.25) is 0 Å². The van der Waals surface area contributed by atoms with Crippen LogP contribution in [-0.2, 0) is 6.54 Å². The van der Waals surface area contributed by atoms with E-state index in [9.17, 15) is 4.79 Å². The summed E-state index contributed by atoms with van der Waals surface area (Å²) < 4.78 is 8.79. The van der Waals surface area contributed by atoms with E-state index in [1.807, 2.05) is 60.0 Å². The molecule has 0 radical (unpaired) electrons. The van der Waals surface area contributed by atoms with Crippen molar-refractivity contribution >= 4 is 22.4 Å². The van der Waals surface area contributed by atoms with Crippen molar-refractivity contribution in [2.75, 3.05) is 0 Å². The molecule has 0 spiro atoms. The molecule has 0 fully saturated rings. The number of hydrogen-bond acceptors (Lipinski definition) is 5. The largest absolute Gasteiger partial charge is 0.467 e. The summed E-state index contributed by atoms with van der Waals surface area (Å²) in [5.74, 6) is 1.31. The van der Waals surface area contributed by atoms with Gasteiger partial charge in [0.2, 0.25) is 0 Å². The van der Waals surface area contributed by atoms with Gasteiger partial charge in [0.25, 0.3) is 5.56 Å². The molecule has 0 saturated carbocycles. The first-order valence-electron chi connectivity index (χ1n) is 8.41. The summed E-state index contributed by atoms with van der Waals surface area (Å²) in [4.78, 5) is 19.0. The number of fused-ring (bicyclic) bond motifs is 1. The minimum absolute atomic E-state index is 0.137. The lowest BCUT2D eigenvalue weighted by molar-refractivity contribution is 0.490. The molecule has 0 atom stereocenters. The molecule has 132 valence electrons. The summed E-state index contributed by atoms with van der Waals surface area (Å²) in [5, 5.41) is 6.85. The Morgan fingerprint density at radius 2 is 1.93 bits per heavy atom. The van der Waals surface area contributed by atoms with Crippen LogP contribution in [0.25, 0.3) is 27.4 Å². The Bertz CT molecular complexity index is 1250. The van der Waals surface area contributed by atoms with Crippen LogP contribution in [0.1, 0.15) is 5.76 Å². The first kappa shape index (κ1) is 15.8. The monoisotopic (exact) mass is 374 g/mol. The van der Waals surface area contributed by atoms with Gasteiger partial charge in [0, 0.05) is 0 Å². The van der Waals surface area contributed by atoms with E-state index >= 15 is 0 Å². The molecule has 0 N–H and O–H groups in total. The van der Waals surface area contributed by atoms with Crippen LogP contribution >= 0.6 is 11.3 Å². The molecule has 7 heteroatoms. The van der Waals surface area contributed by atoms with Gasteiger partial charge in [-0.3, -0.25) is 9.36 Å². The third-order valence-corrected chi connectivity index (χ3v) is 5.19. The van der Waals surface area contributed by atoms with Gasteiger partial charge < -0.3 is 4.42 Å². The smallest absolute Gasteiger partial charge is 0.265 e. The average molecular weight is 374 g/mol. The fourth-order valence-corrected chi connectivity index (χ4v) is 3.78. The molecular weight excluding hydrogens is 360 g/mol. The third-order valence-electron chi connectivity index (χ3n) is 4.32. The van der Waals surface area contributed by atoms with Gasteiger partial charge in [-0.15, -0.1) is 11.3 Å². The minimum atomic E-state index is -0.137. The lowest BCUT2D eigenvalue weighted by atomic mass is 10.3. The number of hydrogen-bond donors (Lipinski definition) is 0. The van der Waals surface area contributed by atoms with Gasteiger partial charge in [-0.1, -0.05) is 24.3 Å². The summed E-state index contributed by atoms with van der Waals surface area (Å²) in [7, 11) is 0. The normalized spacial score (nSPS) is 11.3. The highest BCUT2D eigenvalue weighted by Gasteiger charge is 2.18. The number of benzene rings is 1. The Hall–Kier alpha value is -3.45. The highest BCUT2D eigenvalue weighted by Crippen LogP contribution is 2.25. The third kappa shape index (κ3) is 2.69. The van der Waals surface area contributed by atoms with Crippen LogP contribution in [-0.4, -0.2) is 19.3 Å². The van der Waals surface area contributed by atoms with E-state index in [4.69, 9.17) is 9.40 Å². The van der Waals surface area contributed by atoms with Crippen molar-refractivity contribution in [1.82, 2.24) is 19.3 Å². The molecule has 0 aliphatic carbocycles. The Morgan fingerprint density at radius 3 is 2.67 bits per heavy atom. The van der Waals surface area contributed by atoms with Crippen LogP contribution in [0.4, 0.5) is 0 Å². The molecule has 0 aliphatic rings. The number of aromatic nitrogens is 4. The maximum absolute atomic E-state index is 13.2. The summed E-state index contributed by atoms with van der Waals surface area (Å²) in [6.07, 6.45) is 3.18. The highest BCUT2D eigenvalue weighted by atomic mass is 32.1. The van der Waals surface area contributed by atoms with Crippen LogP contribution < -0.4 is 5.56 Å². The van der Waals surface area contributed by atoms with Crippen molar-refractivity contribution in [3.05, 3.63) is 88.6 Å². The number of furan rings is 1. The van der Waals surface area contributed by atoms with Crippen molar-refractivity contribution in [1.29, 1.82) is 0 Å². The zero-order valence-electron chi connectivity index (χ0n) is 14.1. The lowest BCUT2D eigenvalue weighted by Crippen LogP contribution is -2.23. The lowest BCUT2D eigenvalue weighted by Gasteiger charge is -2.11. The standard InChI is InChI=1S/C20H14N4O2S/c25-20-16-12-21-24(14-6-2-1-3-7-14)18(16)22-19(17-9-5-11-27-17)23(20)13-15-8-4-10-26-15/h1-12H,13H2. The number of para-hydroxylation sites is 1. The van der Waals surface area contributed by atoms with Crippen LogP contribution in [0.5, 0.6) is 0 Å². The number of rotatable bonds is 4. The maximum atomic E-state index is 13.2. The highest BCUT2D eigenvalue weighted by molar-refractivity contribution is 7.13. The predicted molar refractivity (Wildman–Crippen MR) is 104 cm³/mol. The molecular formula is C20H14N4O2S. The van der Waals surface area contributed by atoms with Crippen molar-refractivity contribution in [3.63, 3.8) is 0 Å². The van der Waals surface area contributed by atoms with Crippen molar-refractivity contribution in [2.45, 2.75) is 6.54 Å². The molecule has 4 aromatic heterocycles. The molecule has 4 heterocycles. The van der Waals surface area contributed by atoms with E-state index in [2.05, 4.69) is 5.10 Å². The van der Waals surface area contributed by atoms with E-state index in [-0.39, 0.29) is 5.56 Å². The SMILES string of the molecule is O=c1c2cnn(-c3ccccc3)c2nc(-c2cccs2)n1Cc1ccco1. The van der Waals surface area contributed by atoms with E-state index < -0.39 is 0 Å². The molecule has 27 heavy (non-hydrogen) atoms. The molecule has 0 aliphatic heterocycles. The second kappa shape index (κ2) is 6.37. The minimum Gasteiger partial charge on any atom is -0.467 e. The number of thiophene rings is 1. The molecule has 5 aromatic rings. The van der Waals surface area contributed by atoms with Gasteiger partial charge in [0.1, 0.15) is 11.1 Å². The first-order valence-corrected chi connectivity index (χ1v) is 9.29. The van der Waals surface area contributed by atoms with Gasteiger partial charge in [0.15, 0.2) is 11.5 Å². The van der Waals surface area contributed by atoms with Gasteiger partial charge in [0.05, 0.1) is 29.6 Å². The van der Waals surface area contributed by atoms with E-state index in [1.54, 1.807) is 33.0 Å². The summed E-state index contributed by atoms with van der Waals surface area (Å²) in [6.45, 7) is 0.318. The predicted octanol–water partition coefficient (Wildman–Crippen LogP) is 3.95. The zero-order chi connectivity index (χ0) is 18.2. The molecule has 0 amide bonds. The maximum Gasteiger partial charge on any atom is 0.265 e. The second-order valence-electron chi connectivity index (χ2n) is 6.01. The topological polar surface area (TPSA) is 65.8 Å². The first-order chi connectivity index (χ1) is 13.3. The fraction of sp³-hybridized carbons (Fsp3) is 0.0500. The summed E-state index contributed by atoms with van der Waals surface area (Å²) >= 11 is 1.54. The van der Waals surface area contributed by atoms with Gasteiger partial charge in [-0.25, -0.2) is 9.67 Å². The molecule has 6 nitrogen and oxygen atoms in total. The molecule has 5 rings (SSSR count). The quantitative estimate of drug-likeness (QED) is 0.478. The Kier molecular flexibility index (Phi) is 3.72. The van der Waals surface area contributed by atoms with Gasteiger partial charge in [-0.2, -0.15) is 5.10 Å². The van der Waals surface area contributed by atoms with E-state index in [0.29, 0.717) is 29.2 Å². The zero-order valence-corrected chi connectivity index (χ0v) is 15.0. The van der Waals surface area contributed by atoms with Crippen LogP contribution in [0.15, 0.2) is 81.6 Å². The van der Waals surface area contributed by atoms with E-state index in [0.717, 1.165) is 10.6 Å². The van der Waals surface area contributed by atoms with Crippen LogP contribution in [0.3, 0.4) is 0 Å². The Balaban J connectivity index is 1.78. The molecule has 1 aromatic carbocycles. The average Bonchev–Trinajstić information content (AvgIpc) is 3.46. The van der Waals surface area contributed by atoms with Gasteiger partial charge in [-0.05, 0) is 35.7 Å². The molecule has 0 saturated heterocycles. The van der Waals surface area contributed by atoms with Crippen LogP contribution in [0, 0.1) is 0 Å². The van der Waals surface area contributed by atoms with Crippen molar-refractivity contribution in [2.24, 2.45) is 0 Å². The summed E-state index contributed by atoms with van der Waals surface area (Å²) in [5.41, 5.74) is 1.27. The number of nitrogens with zero attached hydrogens (tertiary/aromatic N) is 4. The van der Waals surface area contributed by atoms with Crippen molar-refractivity contribution in [3.8, 4) is 16.4 Å².